The van der Waals surface area contributed by atoms with E-state index in [2.05, 4.69) is 10.3 Å². The summed E-state index contributed by atoms with van der Waals surface area (Å²) in [5, 5.41) is 2.85. The molecule has 1 fully saturated rings. The van der Waals surface area contributed by atoms with Crippen molar-refractivity contribution >= 4 is 19.2 Å². The van der Waals surface area contributed by atoms with Crippen LogP contribution in [0, 0.1) is 5.92 Å². The molecule has 0 spiro atoms. The van der Waals surface area contributed by atoms with Crippen LogP contribution >= 0.6 is 0 Å². The number of hydrogen-bond acceptors (Lipinski definition) is 2. The maximum Gasteiger partial charge on any atom is 0.252 e. The summed E-state index contributed by atoms with van der Waals surface area (Å²) in [6.45, 7) is 0.771. The van der Waals surface area contributed by atoms with E-state index in [-0.39, 0.29) is 5.91 Å². The maximum absolute atomic E-state index is 11.5. The Morgan fingerprint density at radius 2 is 2.36 bits per heavy atom. The van der Waals surface area contributed by atoms with Crippen LogP contribution < -0.4 is 10.8 Å². The van der Waals surface area contributed by atoms with Crippen LogP contribution in [0.3, 0.4) is 0 Å². The highest BCUT2D eigenvalue weighted by atomic mass is 16.1. The third-order valence-electron chi connectivity index (χ3n) is 2.27. The highest BCUT2D eigenvalue weighted by molar-refractivity contribution is 6.32. The Bertz CT molecular complexity index is 350. The van der Waals surface area contributed by atoms with Crippen molar-refractivity contribution in [1.29, 1.82) is 0 Å². The van der Waals surface area contributed by atoms with Crippen LogP contribution in [-0.4, -0.2) is 25.3 Å². The van der Waals surface area contributed by atoms with Crippen molar-refractivity contribution in [3.63, 3.8) is 0 Å². The van der Waals surface area contributed by atoms with Crippen LogP contribution in [0.5, 0.6) is 0 Å². The fourth-order valence-electron chi connectivity index (χ4n) is 1.24. The van der Waals surface area contributed by atoms with Crippen LogP contribution in [-0.2, 0) is 0 Å². The topological polar surface area (TPSA) is 42.0 Å². The standard InChI is InChI=1S/C10H11BN2O/c11-9-3-8(5-12-6-9)10(14)13-4-7-1-2-7/h3,5-7H,1-2,4H2,(H,13,14). The highest BCUT2D eigenvalue weighted by Gasteiger charge is 2.21. The smallest absolute Gasteiger partial charge is 0.252 e. The minimum absolute atomic E-state index is 0.0864. The first-order valence-corrected chi connectivity index (χ1v) is 4.74. The Balaban J connectivity index is 1.95. The summed E-state index contributed by atoms with van der Waals surface area (Å²) in [5.41, 5.74) is 1.05. The predicted molar refractivity (Wildman–Crippen MR) is 54.7 cm³/mol. The van der Waals surface area contributed by atoms with Gasteiger partial charge in [-0.05, 0) is 18.8 Å². The van der Waals surface area contributed by atoms with Crippen LogP contribution in [0.2, 0.25) is 0 Å². The van der Waals surface area contributed by atoms with Crippen molar-refractivity contribution in [2.45, 2.75) is 12.8 Å². The number of carbonyl (C=O) groups excluding carboxylic acids is 1. The second-order valence-electron chi connectivity index (χ2n) is 3.66. The van der Waals surface area contributed by atoms with E-state index < -0.39 is 0 Å². The number of aromatic nitrogens is 1. The van der Waals surface area contributed by atoms with Crippen molar-refractivity contribution in [2.24, 2.45) is 5.92 Å². The van der Waals surface area contributed by atoms with Crippen molar-refractivity contribution in [3.8, 4) is 0 Å². The molecule has 0 unspecified atom stereocenters. The Morgan fingerprint density at radius 1 is 1.57 bits per heavy atom. The molecule has 3 nitrogen and oxygen atoms in total. The minimum atomic E-state index is -0.0864. The Hall–Kier alpha value is -1.32. The lowest BCUT2D eigenvalue weighted by molar-refractivity contribution is 0.0951. The lowest BCUT2D eigenvalue weighted by atomic mass is 9.97. The molecule has 2 radical (unpaired) electrons. The van der Waals surface area contributed by atoms with E-state index in [9.17, 15) is 4.79 Å². The fraction of sp³-hybridized carbons (Fsp3) is 0.400. The number of amides is 1. The molecule has 1 N–H and O–H groups in total. The number of rotatable bonds is 3. The molecule has 0 atom stereocenters. The summed E-state index contributed by atoms with van der Waals surface area (Å²) in [7, 11) is 5.52. The lowest BCUT2D eigenvalue weighted by Crippen LogP contribution is -2.26. The van der Waals surface area contributed by atoms with Crippen LogP contribution in [0.4, 0.5) is 0 Å². The summed E-state index contributed by atoms with van der Waals surface area (Å²) in [6.07, 6.45) is 5.52. The van der Waals surface area contributed by atoms with E-state index in [1.807, 2.05) is 0 Å². The van der Waals surface area contributed by atoms with E-state index in [0.29, 0.717) is 16.9 Å². The van der Waals surface area contributed by atoms with Crippen LogP contribution in [0.1, 0.15) is 23.2 Å². The zero-order chi connectivity index (χ0) is 9.97. The van der Waals surface area contributed by atoms with Gasteiger partial charge in [0, 0.05) is 18.9 Å². The fourth-order valence-corrected chi connectivity index (χ4v) is 1.24. The molecule has 0 saturated heterocycles. The van der Waals surface area contributed by atoms with E-state index >= 15 is 0 Å². The molecular weight excluding hydrogens is 175 g/mol. The van der Waals surface area contributed by atoms with E-state index in [1.165, 1.54) is 25.2 Å². The molecule has 0 aromatic carbocycles. The van der Waals surface area contributed by atoms with Gasteiger partial charge in [0.15, 0.2) is 0 Å². The van der Waals surface area contributed by atoms with Gasteiger partial charge in [0.25, 0.3) is 5.91 Å². The number of nitrogens with one attached hydrogen (secondary N) is 1. The number of pyridine rings is 1. The summed E-state index contributed by atoms with van der Waals surface area (Å²) < 4.78 is 0. The average molecular weight is 186 g/mol. The number of hydrogen-bond donors (Lipinski definition) is 1. The lowest BCUT2D eigenvalue weighted by Gasteiger charge is -2.03. The molecule has 1 amide bonds. The number of nitrogens with zero attached hydrogens (tertiary/aromatic N) is 1. The average Bonchev–Trinajstić information content (AvgIpc) is 2.97. The zero-order valence-corrected chi connectivity index (χ0v) is 7.86. The first kappa shape index (κ1) is 9.25. The summed E-state index contributed by atoms with van der Waals surface area (Å²) in [6, 6.07) is 1.63. The van der Waals surface area contributed by atoms with Crippen molar-refractivity contribution in [1.82, 2.24) is 10.3 Å². The molecule has 4 heteroatoms. The first-order chi connectivity index (χ1) is 6.75. The second kappa shape index (κ2) is 3.82. The van der Waals surface area contributed by atoms with E-state index in [0.717, 1.165) is 6.54 Å². The molecular formula is C10H11BN2O. The van der Waals surface area contributed by atoms with Crippen LogP contribution in [0.25, 0.3) is 0 Å². The molecule has 70 valence electrons. The van der Waals surface area contributed by atoms with Gasteiger partial charge in [0.05, 0.1) is 5.56 Å². The van der Waals surface area contributed by atoms with Gasteiger partial charge in [0.2, 0.25) is 0 Å². The monoisotopic (exact) mass is 186 g/mol. The Labute approximate surface area is 84.3 Å². The van der Waals surface area contributed by atoms with Gasteiger partial charge >= 0.3 is 0 Å². The number of carbonyl (C=O) groups is 1. The maximum atomic E-state index is 11.5. The summed E-state index contributed by atoms with van der Waals surface area (Å²) >= 11 is 0. The molecule has 0 bridgehead atoms. The van der Waals surface area contributed by atoms with Crippen molar-refractivity contribution in [2.75, 3.05) is 6.54 Å². The minimum Gasteiger partial charge on any atom is -0.352 e. The largest absolute Gasteiger partial charge is 0.352 e. The summed E-state index contributed by atoms with van der Waals surface area (Å²) in [4.78, 5) is 15.4. The predicted octanol–water partition coefficient (Wildman–Crippen LogP) is 0.0152. The molecule has 1 aliphatic carbocycles. The molecule has 14 heavy (non-hydrogen) atoms. The van der Waals surface area contributed by atoms with Gasteiger partial charge in [-0.3, -0.25) is 9.78 Å². The second-order valence-corrected chi connectivity index (χ2v) is 3.66. The van der Waals surface area contributed by atoms with Gasteiger partial charge < -0.3 is 5.32 Å². The molecule has 1 heterocycles. The highest BCUT2D eigenvalue weighted by Crippen LogP contribution is 2.27. The SMILES string of the molecule is [B]c1cncc(C(=O)NCC2CC2)c1. The normalized spacial score (nSPS) is 15.1. The van der Waals surface area contributed by atoms with Gasteiger partial charge in [-0.2, -0.15) is 0 Å². The van der Waals surface area contributed by atoms with Gasteiger partial charge in [-0.15, -0.1) is 0 Å². The molecule has 1 aliphatic rings. The van der Waals surface area contributed by atoms with Crippen LogP contribution in [0.15, 0.2) is 18.5 Å². The third kappa shape index (κ3) is 2.34. The van der Waals surface area contributed by atoms with Gasteiger partial charge in [-0.1, -0.05) is 11.5 Å². The van der Waals surface area contributed by atoms with E-state index in [1.54, 1.807) is 6.07 Å². The molecule has 1 aromatic heterocycles. The first-order valence-electron chi connectivity index (χ1n) is 4.74. The molecule has 1 saturated carbocycles. The zero-order valence-electron chi connectivity index (χ0n) is 7.86. The quantitative estimate of drug-likeness (QED) is 0.676. The van der Waals surface area contributed by atoms with Gasteiger partial charge in [-0.25, -0.2) is 0 Å². The van der Waals surface area contributed by atoms with E-state index in [4.69, 9.17) is 7.85 Å². The third-order valence-corrected chi connectivity index (χ3v) is 2.27. The molecule has 0 aliphatic heterocycles. The molecule has 2 rings (SSSR count). The van der Waals surface area contributed by atoms with Crippen molar-refractivity contribution < 1.29 is 4.79 Å². The Morgan fingerprint density at radius 3 is 3.00 bits per heavy atom. The summed E-state index contributed by atoms with van der Waals surface area (Å²) in [5.74, 6) is 0.602. The van der Waals surface area contributed by atoms with Crippen molar-refractivity contribution in [3.05, 3.63) is 24.0 Å². The van der Waals surface area contributed by atoms with Gasteiger partial charge in [0.1, 0.15) is 7.85 Å². The molecule has 1 aromatic rings. The Kier molecular flexibility index (Phi) is 2.52.